The van der Waals surface area contributed by atoms with E-state index >= 15 is 0 Å². The zero-order valence-corrected chi connectivity index (χ0v) is 14.4. The highest BCUT2D eigenvalue weighted by molar-refractivity contribution is 5.97. The zero-order chi connectivity index (χ0) is 16.7. The Labute approximate surface area is 138 Å². The molecule has 1 saturated heterocycles. The molecule has 2 N–H and O–H groups in total. The molecule has 1 aromatic carbocycles. The summed E-state index contributed by atoms with van der Waals surface area (Å²) >= 11 is 0. The molecule has 1 aliphatic rings. The lowest BCUT2D eigenvalue weighted by Gasteiger charge is -2.34. The van der Waals surface area contributed by atoms with Crippen LogP contribution in [0.3, 0.4) is 0 Å². The molecular formula is C18H28N2O3. The van der Waals surface area contributed by atoms with Gasteiger partial charge in [-0.3, -0.25) is 4.79 Å². The Kier molecular flexibility index (Phi) is 6.42. The molecule has 0 atom stereocenters. The van der Waals surface area contributed by atoms with Crippen molar-refractivity contribution in [2.45, 2.75) is 38.7 Å². The van der Waals surface area contributed by atoms with Crippen LogP contribution in [0.15, 0.2) is 24.3 Å². The van der Waals surface area contributed by atoms with Gasteiger partial charge in [0.1, 0.15) is 11.4 Å². The van der Waals surface area contributed by atoms with Crippen LogP contribution in [0.2, 0.25) is 0 Å². The zero-order valence-electron chi connectivity index (χ0n) is 14.4. The SMILES string of the molecule is COC1(C(=O)Nc2cccc(OCCC(C)C)c2)CCNCC1. The van der Waals surface area contributed by atoms with Gasteiger partial charge in [-0.25, -0.2) is 0 Å². The molecule has 1 heterocycles. The van der Waals surface area contributed by atoms with E-state index in [2.05, 4.69) is 24.5 Å². The van der Waals surface area contributed by atoms with Gasteiger partial charge in [-0.15, -0.1) is 0 Å². The average Bonchev–Trinajstić information content (AvgIpc) is 2.55. The summed E-state index contributed by atoms with van der Waals surface area (Å²) in [5.74, 6) is 1.31. The van der Waals surface area contributed by atoms with Crippen molar-refractivity contribution in [2.24, 2.45) is 5.92 Å². The molecule has 23 heavy (non-hydrogen) atoms. The Balaban J connectivity index is 1.97. The van der Waals surface area contributed by atoms with Crippen molar-refractivity contribution in [1.82, 2.24) is 5.32 Å². The molecule has 0 bridgehead atoms. The fourth-order valence-corrected chi connectivity index (χ4v) is 2.68. The van der Waals surface area contributed by atoms with Crippen molar-refractivity contribution in [3.05, 3.63) is 24.3 Å². The average molecular weight is 320 g/mol. The molecule has 0 spiro atoms. The summed E-state index contributed by atoms with van der Waals surface area (Å²) in [5.41, 5.74) is 0.00624. The Bertz CT molecular complexity index is 511. The number of anilines is 1. The van der Waals surface area contributed by atoms with Crippen LogP contribution in [-0.4, -0.2) is 38.3 Å². The maximum absolute atomic E-state index is 12.6. The lowest BCUT2D eigenvalue weighted by Crippen LogP contribution is -2.51. The number of carbonyl (C=O) groups excluding carboxylic acids is 1. The highest BCUT2D eigenvalue weighted by atomic mass is 16.5. The molecule has 1 aromatic rings. The highest BCUT2D eigenvalue weighted by Gasteiger charge is 2.39. The second-order valence-corrected chi connectivity index (χ2v) is 6.46. The molecule has 128 valence electrons. The Hall–Kier alpha value is -1.59. The first-order valence-corrected chi connectivity index (χ1v) is 8.36. The minimum Gasteiger partial charge on any atom is -0.494 e. The van der Waals surface area contributed by atoms with Crippen LogP contribution >= 0.6 is 0 Å². The molecule has 0 radical (unpaired) electrons. The van der Waals surface area contributed by atoms with Crippen LogP contribution in [0.25, 0.3) is 0 Å². The maximum Gasteiger partial charge on any atom is 0.256 e. The van der Waals surface area contributed by atoms with Crippen molar-refractivity contribution in [2.75, 3.05) is 32.1 Å². The number of rotatable bonds is 7. The van der Waals surface area contributed by atoms with Gasteiger partial charge in [0.25, 0.3) is 5.91 Å². The van der Waals surface area contributed by atoms with E-state index in [-0.39, 0.29) is 5.91 Å². The first-order valence-electron chi connectivity index (χ1n) is 8.36. The van der Waals surface area contributed by atoms with Crippen LogP contribution in [-0.2, 0) is 9.53 Å². The second-order valence-electron chi connectivity index (χ2n) is 6.46. The van der Waals surface area contributed by atoms with E-state index in [0.717, 1.165) is 30.9 Å². The first kappa shape index (κ1) is 17.8. The number of benzene rings is 1. The minimum absolute atomic E-state index is 0.0826. The number of hydrogen-bond donors (Lipinski definition) is 2. The van der Waals surface area contributed by atoms with E-state index in [1.54, 1.807) is 7.11 Å². The van der Waals surface area contributed by atoms with E-state index in [1.165, 1.54) is 0 Å². The van der Waals surface area contributed by atoms with E-state index < -0.39 is 5.60 Å². The number of hydrogen-bond acceptors (Lipinski definition) is 4. The highest BCUT2D eigenvalue weighted by Crippen LogP contribution is 2.25. The molecule has 5 heteroatoms. The first-order chi connectivity index (χ1) is 11.1. The van der Waals surface area contributed by atoms with Gasteiger partial charge in [0.2, 0.25) is 0 Å². The number of nitrogens with one attached hydrogen (secondary N) is 2. The standard InChI is InChI=1S/C18H28N2O3/c1-14(2)7-12-23-16-6-4-5-15(13-16)20-17(21)18(22-3)8-10-19-11-9-18/h4-6,13-14,19H,7-12H2,1-3H3,(H,20,21). The fraction of sp³-hybridized carbons (Fsp3) is 0.611. The lowest BCUT2D eigenvalue weighted by molar-refractivity contribution is -0.140. The summed E-state index contributed by atoms with van der Waals surface area (Å²) < 4.78 is 11.3. The summed E-state index contributed by atoms with van der Waals surface area (Å²) in [5, 5.41) is 6.23. The fourth-order valence-electron chi connectivity index (χ4n) is 2.68. The smallest absolute Gasteiger partial charge is 0.256 e. The summed E-state index contributed by atoms with van der Waals surface area (Å²) in [6, 6.07) is 7.54. The van der Waals surface area contributed by atoms with Crippen molar-refractivity contribution >= 4 is 11.6 Å². The molecule has 0 saturated carbocycles. The Morgan fingerprint density at radius 2 is 2.09 bits per heavy atom. The minimum atomic E-state index is -0.736. The molecule has 0 aromatic heterocycles. The summed E-state index contributed by atoms with van der Waals surface area (Å²) in [4.78, 5) is 12.6. The van der Waals surface area contributed by atoms with E-state index in [0.29, 0.717) is 25.4 Å². The van der Waals surface area contributed by atoms with Crippen LogP contribution in [0.5, 0.6) is 5.75 Å². The van der Waals surface area contributed by atoms with Crippen molar-refractivity contribution < 1.29 is 14.3 Å². The monoisotopic (exact) mass is 320 g/mol. The van der Waals surface area contributed by atoms with Gasteiger partial charge < -0.3 is 20.1 Å². The van der Waals surface area contributed by atoms with Gasteiger partial charge in [-0.1, -0.05) is 19.9 Å². The quantitative estimate of drug-likeness (QED) is 0.811. The van der Waals surface area contributed by atoms with E-state index in [4.69, 9.17) is 9.47 Å². The van der Waals surface area contributed by atoms with Crippen LogP contribution in [0, 0.1) is 5.92 Å². The van der Waals surface area contributed by atoms with E-state index in [9.17, 15) is 4.79 Å². The largest absolute Gasteiger partial charge is 0.494 e. The molecule has 2 rings (SSSR count). The summed E-state index contributed by atoms with van der Waals surface area (Å²) in [6.45, 7) is 6.61. The number of piperidine rings is 1. The van der Waals surface area contributed by atoms with Gasteiger partial charge in [0.05, 0.1) is 6.61 Å². The number of carbonyl (C=O) groups is 1. The third-order valence-corrected chi connectivity index (χ3v) is 4.27. The number of amides is 1. The molecule has 0 unspecified atom stereocenters. The van der Waals surface area contributed by atoms with Gasteiger partial charge in [-0.2, -0.15) is 0 Å². The predicted molar refractivity (Wildman–Crippen MR) is 91.9 cm³/mol. The van der Waals surface area contributed by atoms with Crippen LogP contribution in [0.4, 0.5) is 5.69 Å². The molecule has 0 aliphatic carbocycles. The molecular weight excluding hydrogens is 292 g/mol. The van der Waals surface area contributed by atoms with Gasteiger partial charge >= 0.3 is 0 Å². The Morgan fingerprint density at radius 3 is 2.74 bits per heavy atom. The lowest BCUT2D eigenvalue weighted by atomic mass is 9.91. The third-order valence-electron chi connectivity index (χ3n) is 4.27. The maximum atomic E-state index is 12.6. The number of methoxy groups -OCH3 is 1. The molecule has 1 aliphatic heterocycles. The second kappa shape index (κ2) is 8.31. The van der Waals surface area contributed by atoms with Crippen molar-refractivity contribution in [3.63, 3.8) is 0 Å². The van der Waals surface area contributed by atoms with Crippen LogP contribution < -0.4 is 15.4 Å². The molecule has 5 nitrogen and oxygen atoms in total. The topological polar surface area (TPSA) is 59.6 Å². The van der Waals surface area contributed by atoms with Gasteiger partial charge in [-0.05, 0) is 50.4 Å². The Morgan fingerprint density at radius 1 is 1.35 bits per heavy atom. The third kappa shape index (κ3) is 4.94. The van der Waals surface area contributed by atoms with Crippen LogP contribution in [0.1, 0.15) is 33.1 Å². The molecule has 1 amide bonds. The van der Waals surface area contributed by atoms with Gasteiger partial charge in [0, 0.05) is 18.9 Å². The van der Waals surface area contributed by atoms with E-state index in [1.807, 2.05) is 24.3 Å². The van der Waals surface area contributed by atoms with Gasteiger partial charge in [0.15, 0.2) is 0 Å². The normalized spacial score (nSPS) is 17.0. The predicted octanol–water partition coefficient (Wildman–Crippen LogP) is 2.82. The summed E-state index contributed by atoms with van der Waals surface area (Å²) in [6.07, 6.45) is 2.37. The van der Waals surface area contributed by atoms with Crippen molar-refractivity contribution in [3.8, 4) is 5.75 Å². The number of ether oxygens (including phenoxy) is 2. The molecule has 1 fully saturated rings. The van der Waals surface area contributed by atoms with Crippen molar-refractivity contribution in [1.29, 1.82) is 0 Å². The summed E-state index contributed by atoms with van der Waals surface area (Å²) in [7, 11) is 1.61.